The fourth-order valence-corrected chi connectivity index (χ4v) is 10.7. The van der Waals surface area contributed by atoms with Gasteiger partial charge in [0.15, 0.2) is 11.6 Å². The molecule has 1 fully saturated rings. The van der Waals surface area contributed by atoms with Gasteiger partial charge in [-0.25, -0.2) is 18.7 Å². The lowest BCUT2D eigenvalue weighted by atomic mass is 10.0. The molecule has 2 heterocycles. The van der Waals surface area contributed by atoms with E-state index in [0.29, 0.717) is 18.7 Å². The summed E-state index contributed by atoms with van der Waals surface area (Å²) in [7, 11) is -3.04. The topological polar surface area (TPSA) is 64.5 Å². The van der Waals surface area contributed by atoms with Gasteiger partial charge in [-0.3, -0.25) is 4.79 Å². The highest BCUT2D eigenvalue weighted by Gasteiger charge is 2.50. The van der Waals surface area contributed by atoms with Crippen LogP contribution in [-0.2, 0) is 15.8 Å². The Balaban J connectivity index is 1.68. The maximum absolute atomic E-state index is 16.2. The number of hydrogen-bond donors (Lipinski definition) is 0. The van der Waals surface area contributed by atoms with Crippen LogP contribution in [0.15, 0.2) is 85.2 Å². The summed E-state index contributed by atoms with van der Waals surface area (Å²) in [5.41, 5.74) is 0.0401. The molecule has 5 rings (SSSR count). The Morgan fingerprint density at radius 1 is 0.907 bits per heavy atom. The molecule has 2 atom stereocenters. The average Bonchev–Trinajstić information content (AvgIpc) is 2.99. The monoisotopic (exact) mass is 601 g/mol. The summed E-state index contributed by atoms with van der Waals surface area (Å²) in [6.07, 6.45) is 2.39. The van der Waals surface area contributed by atoms with Gasteiger partial charge in [0, 0.05) is 31.0 Å². The third-order valence-corrected chi connectivity index (χ3v) is 12.9. The number of ketones is 1. The first-order valence-electron chi connectivity index (χ1n) is 14.5. The number of hydrogen-bond acceptors (Lipinski definition) is 6. The van der Waals surface area contributed by atoms with Crippen molar-refractivity contribution in [1.82, 2.24) is 9.97 Å². The lowest BCUT2D eigenvalue weighted by molar-refractivity contribution is -0.00553. The second-order valence-electron chi connectivity index (χ2n) is 12.1. The van der Waals surface area contributed by atoms with Crippen LogP contribution < -0.4 is 15.3 Å². The van der Waals surface area contributed by atoms with Crippen molar-refractivity contribution in [3.8, 4) is 0 Å². The van der Waals surface area contributed by atoms with Crippen LogP contribution in [0.1, 0.15) is 56.4 Å². The largest absolute Gasteiger partial charge is 0.403 e. The first-order valence-corrected chi connectivity index (χ1v) is 16.4. The maximum atomic E-state index is 16.2. The van der Waals surface area contributed by atoms with Gasteiger partial charge in [-0.1, -0.05) is 81.4 Å². The van der Waals surface area contributed by atoms with Crippen LogP contribution in [0.25, 0.3) is 0 Å². The number of benzene rings is 3. The summed E-state index contributed by atoms with van der Waals surface area (Å²) in [5, 5.41) is 1.77. The number of aromatic nitrogens is 2. The van der Waals surface area contributed by atoms with E-state index in [-0.39, 0.29) is 35.4 Å². The van der Waals surface area contributed by atoms with Crippen LogP contribution in [0.3, 0.4) is 0 Å². The molecule has 0 aliphatic carbocycles. The van der Waals surface area contributed by atoms with Gasteiger partial charge >= 0.3 is 0 Å². The van der Waals surface area contributed by atoms with E-state index < -0.39 is 31.3 Å². The fourth-order valence-electron chi connectivity index (χ4n) is 6.13. The maximum Gasteiger partial charge on any atom is 0.261 e. The van der Waals surface area contributed by atoms with Crippen molar-refractivity contribution in [2.75, 3.05) is 18.0 Å². The summed E-state index contributed by atoms with van der Waals surface area (Å²) in [5.74, 6) is -3.32. The molecule has 6 nitrogen and oxygen atoms in total. The van der Waals surface area contributed by atoms with E-state index in [1.165, 1.54) is 18.5 Å². The van der Waals surface area contributed by atoms with Crippen molar-refractivity contribution in [2.24, 2.45) is 0 Å². The molecule has 0 N–H and O–H groups in total. The van der Waals surface area contributed by atoms with E-state index >= 15 is 8.78 Å². The van der Waals surface area contributed by atoms with E-state index in [4.69, 9.17) is 9.16 Å². The second kappa shape index (κ2) is 12.4. The zero-order chi connectivity index (χ0) is 30.8. The van der Waals surface area contributed by atoms with Crippen molar-refractivity contribution in [1.29, 1.82) is 0 Å². The van der Waals surface area contributed by atoms with Crippen LogP contribution in [0.5, 0.6) is 0 Å². The minimum Gasteiger partial charge on any atom is -0.403 e. The van der Waals surface area contributed by atoms with E-state index in [1.807, 2.05) is 50.2 Å². The molecule has 1 aliphatic heterocycles. The molecule has 0 spiro atoms. The first-order chi connectivity index (χ1) is 20.5. The number of ether oxygens (including phenoxy) is 1. The van der Waals surface area contributed by atoms with Crippen LogP contribution in [0.2, 0.25) is 5.04 Å². The predicted molar refractivity (Wildman–Crippen MR) is 166 cm³/mol. The number of rotatable bonds is 8. The summed E-state index contributed by atoms with van der Waals surface area (Å²) in [6, 6.07) is 23.2. The third-order valence-electron chi connectivity index (χ3n) is 7.87. The van der Waals surface area contributed by atoms with Gasteiger partial charge in [0.1, 0.15) is 0 Å². The average molecular weight is 602 g/mol. The SMILES string of the molecule is C[C@@H]1CN(c2c(CO[Si](c3ccccc3)(c3ccccc3)C(C)(C)C)cc(C(=O)c3ncccn3)c(F)c2F)C[C@H](C)O1. The number of anilines is 1. The number of halogens is 2. The van der Waals surface area contributed by atoms with Crippen molar-refractivity contribution in [3.05, 3.63) is 114 Å². The van der Waals surface area contributed by atoms with E-state index in [2.05, 4.69) is 55.0 Å². The first kappa shape index (κ1) is 30.7. The molecule has 1 aromatic heterocycles. The van der Waals surface area contributed by atoms with Crippen LogP contribution >= 0.6 is 0 Å². The molecule has 0 unspecified atom stereocenters. The van der Waals surface area contributed by atoms with E-state index in [1.54, 1.807) is 11.0 Å². The van der Waals surface area contributed by atoms with Crippen LogP contribution in [-0.4, -0.2) is 49.4 Å². The zero-order valence-corrected chi connectivity index (χ0v) is 26.2. The minimum absolute atomic E-state index is 0.0458. The Morgan fingerprint density at radius 3 is 1.95 bits per heavy atom. The van der Waals surface area contributed by atoms with Gasteiger partial charge in [-0.2, -0.15) is 0 Å². The van der Waals surface area contributed by atoms with Gasteiger partial charge < -0.3 is 14.1 Å². The lowest BCUT2D eigenvalue weighted by Gasteiger charge is -2.43. The van der Waals surface area contributed by atoms with Crippen LogP contribution in [0, 0.1) is 11.6 Å². The Morgan fingerprint density at radius 2 is 1.44 bits per heavy atom. The molecule has 1 aliphatic rings. The summed E-state index contributed by atoms with van der Waals surface area (Å²) in [6.45, 7) is 10.9. The molecule has 1 saturated heterocycles. The van der Waals surface area contributed by atoms with Gasteiger partial charge in [-0.15, -0.1) is 0 Å². The van der Waals surface area contributed by atoms with Gasteiger partial charge in [0.05, 0.1) is 30.1 Å². The Bertz CT molecular complexity index is 1520. The summed E-state index contributed by atoms with van der Waals surface area (Å²) < 4.78 is 45.0. The number of carbonyl (C=O) groups is 1. The molecule has 224 valence electrons. The third kappa shape index (κ3) is 6.02. The molecule has 0 saturated carbocycles. The lowest BCUT2D eigenvalue weighted by Crippen LogP contribution is -2.66. The standard InChI is InChI=1S/C34H37F2N3O3Si/c1-23-20-39(21-24(2)42-23)31-25(19-28(29(35)30(31)36)32(40)33-37-17-12-18-38-33)22-41-43(34(3,4)5,26-13-8-6-9-14-26)27-15-10-7-11-16-27/h6-19,23-24H,20-22H2,1-5H3/t23-,24+. The van der Waals surface area contributed by atoms with Crippen molar-refractivity contribution in [3.63, 3.8) is 0 Å². The number of carbonyl (C=O) groups excluding carboxylic acids is 1. The highest BCUT2D eigenvalue weighted by atomic mass is 28.4. The quantitative estimate of drug-likeness (QED) is 0.191. The smallest absolute Gasteiger partial charge is 0.261 e. The van der Waals surface area contributed by atoms with Crippen molar-refractivity contribution in [2.45, 2.75) is 58.5 Å². The van der Waals surface area contributed by atoms with E-state index in [0.717, 1.165) is 10.4 Å². The normalized spacial score (nSPS) is 17.6. The Labute approximate surface area is 252 Å². The molecule has 9 heteroatoms. The molecule has 3 aromatic carbocycles. The van der Waals surface area contributed by atoms with Crippen LogP contribution in [0.4, 0.5) is 14.5 Å². The van der Waals surface area contributed by atoms with E-state index in [9.17, 15) is 4.79 Å². The molecule has 0 radical (unpaired) electrons. The second-order valence-corrected chi connectivity index (χ2v) is 16.4. The zero-order valence-electron chi connectivity index (χ0n) is 25.2. The molecule has 0 amide bonds. The fraction of sp³-hybridized carbons (Fsp3) is 0.324. The number of nitrogens with zero attached hydrogens (tertiary/aromatic N) is 3. The van der Waals surface area contributed by atoms with Crippen molar-refractivity contribution < 1.29 is 22.7 Å². The minimum atomic E-state index is -3.04. The van der Waals surface area contributed by atoms with Crippen molar-refractivity contribution >= 4 is 30.2 Å². The van der Waals surface area contributed by atoms with Gasteiger partial charge in [0.2, 0.25) is 11.6 Å². The molecule has 4 aromatic rings. The highest BCUT2D eigenvalue weighted by molar-refractivity contribution is 6.99. The summed E-state index contributed by atoms with van der Waals surface area (Å²) >= 11 is 0. The summed E-state index contributed by atoms with van der Waals surface area (Å²) in [4.78, 5) is 23.1. The predicted octanol–water partition coefficient (Wildman–Crippen LogP) is 5.68. The Kier molecular flexibility index (Phi) is 8.87. The highest BCUT2D eigenvalue weighted by Crippen LogP contribution is 2.39. The molecule has 43 heavy (non-hydrogen) atoms. The molecular weight excluding hydrogens is 564 g/mol. The Hall–Kier alpha value is -3.79. The number of morpholine rings is 1. The van der Waals surface area contributed by atoms with Gasteiger partial charge in [0.25, 0.3) is 8.32 Å². The molecule has 0 bridgehead atoms. The molecular formula is C34H37F2N3O3Si. The van der Waals surface area contributed by atoms with Gasteiger partial charge in [-0.05, 0) is 41.4 Å².